The molecule has 0 radical (unpaired) electrons. The Hall–Kier alpha value is -0.520. The standard InChI is InChI=1S/C17H30O7P2/c1-13(2)10-15-6-8-16(9-7-15)14(3)17(18,11-23-25(19)21-4)12-24-26(20)22-5/h6-9,13-14,18,25-26H,10-12H2,1-5H3. The molecule has 3 unspecified atom stereocenters. The summed E-state index contributed by atoms with van der Waals surface area (Å²) in [6, 6.07) is 7.91. The zero-order chi connectivity index (χ0) is 19.7. The third kappa shape index (κ3) is 7.61. The van der Waals surface area contributed by atoms with Gasteiger partial charge in [-0.1, -0.05) is 45.0 Å². The Labute approximate surface area is 156 Å². The number of aliphatic hydroxyl groups is 1. The zero-order valence-corrected chi connectivity index (χ0v) is 18.0. The maximum atomic E-state index is 11.5. The predicted octanol–water partition coefficient (Wildman–Crippen LogP) is 3.83. The normalized spacial score (nSPS) is 17.7. The van der Waals surface area contributed by atoms with E-state index in [1.165, 1.54) is 19.8 Å². The molecule has 0 spiro atoms. The lowest BCUT2D eigenvalue weighted by Crippen LogP contribution is -2.43. The van der Waals surface area contributed by atoms with E-state index in [4.69, 9.17) is 9.05 Å². The monoisotopic (exact) mass is 408 g/mol. The first-order valence-corrected chi connectivity index (χ1v) is 10.9. The van der Waals surface area contributed by atoms with Gasteiger partial charge in [0.05, 0.1) is 13.2 Å². The second kappa shape index (κ2) is 11.4. The van der Waals surface area contributed by atoms with E-state index in [2.05, 4.69) is 22.9 Å². The molecule has 0 amide bonds. The summed E-state index contributed by atoms with van der Waals surface area (Å²) >= 11 is 0. The summed E-state index contributed by atoms with van der Waals surface area (Å²) in [5.41, 5.74) is 0.527. The van der Waals surface area contributed by atoms with Crippen molar-refractivity contribution >= 4 is 16.5 Å². The van der Waals surface area contributed by atoms with Gasteiger partial charge in [0.1, 0.15) is 5.60 Å². The van der Waals surface area contributed by atoms with Crippen LogP contribution in [0.15, 0.2) is 24.3 Å². The van der Waals surface area contributed by atoms with Crippen LogP contribution in [0.1, 0.15) is 37.8 Å². The van der Waals surface area contributed by atoms with Crippen LogP contribution in [-0.2, 0) is 33.6 Å². The third-order valence-corrected chi connectivity index (χ3v) is 5.57. The van der Waals surface area contributed by atoms with E-state index in [0.717, 1.165) is 12.0 Å². The van der Waals surface area contributed by atoms with E-state index < -0.39 is 28.0 Å². The van der Waals surface area contributed by atoms with Crippen molar-refractivity contribution in [1.82, 2.24) is 0 Å². The number of hydrogen-bond acceptors (Lipinski definition) is 7. The Morgan fingerprint density at radius 2 is 1.42 bits per heavy atom. The summed E-state index contributed by atoms with van der Waals surface area (Å²) in [6.45, 7) is 5.54. The lowest BCUT2D eigenvalue weighted by atomic mass is 9.84. The molecule has 7 nitrogen and oxygen atoms in total. The fourth-order valence-electron chi connectivity index (χ4n) is 2.50. The van der Waals surface area contributed by atoms with Gasteiger partial charge in [0.2, 0.25) is 0 Å². The Balaban J connectivity index is 2.95. The maximum absolute atomic E-state index is 11.5. The molecule has 0 aliphatic carbocycles. The van der Waals surface area contributed by atoms with Gasteiger partial charge < -0.3 is 23.2 Å². The minimum Gasteiger partial charge on any atom is -0.384 e. The first kappa shape index (κ1) is 23.5. The molecule has 1 aromatic carbocycles. The first-order chi connectivity index (χ1) is 12.2. The Kier molecular flexibility index (Phi) is 10.3. The largest absolute Gasteiger partial charge is 0.384 e. The van der Waals surface area contributed by atoms with Crippen LogP contribution in [0.25, 0.3) is 0 Å². The molecular formula is C17H30O7P2. The molecule has 26 heavy (non-hydrogen) atoms. The molecule has 1 aromatic rings. The van der Waals surface area contributed by atoms with Gasteiger partial charge in [0.25, 0.3) is 0 Å². The lowest BCUT2D eigenvalue weighted by molar-refractivity contribution is -0.0581. The van der Waals surface area contributed by atoms with Gasteiger partial charge in [0, 0.05) is 20.1 Å². The summed E-state index contributed by atoms with van der Waals surface area (Å²) in [5.74, 6) is 0.129. The summed E-state index contributed by atoms with van der Waals surface area (Å²) in [6.07, 6.45) is 0.969. The number of hydrogen-bond donors (Lipinski definition) is 1. The van der Waals surface area contributed by atoms with Crippen LogP contribution in [0.3, 0.4) is 0 Å². The Morgan fingerprint density at radius 1 is 0.962 bits per heavy atom. The van der Waals surface area contributed by atoms with E-state index in [9.17, 15) is 14.2 Å². The molecule has 1 rings (SSSR count). The molecule has 0 saturated heterocycles. The van der Waals surface area contributed by atoms with Gasteiger partial charge in [-0.05, 0) is 23.5 Å². The van der Waals surface area contributed by atoms with Gasteiger partial charge >= 0.3 is 16.5 Å². The molecule has 0 fully saturated rings. The predicted molar refractivity (Wildman–Crippen MR) is 102 cm³/mol. The molecule has 0 heterocycles. The van der Waals surface area contributed by atoms with Crippen molar-refractivity contribution in [2.24, 2.45) is 5.92 Å². The fourth-order valence-corrected chi connectivity index (χ4v) is 3.47. The molecule has 0 aliphatic heterocycles. The highest BCUT2D eigenvalue weighted by atomic mass is 31.1. The molecule has 0 saturated carbocycles. The van der Waals surface area contributed by atoms with Crippen LogP contribution in [0.5, 0.6) is 0 Å². The summed E-state index contributed by atoms with van der Waals surface area (Å²) < 4.78 is 42.4. The molecular weight excluding hydrogens is 378 g/mol. The number of rotatable bonds is 12. The fraction of sp³-hybridized carbons (Fsp3) is 0.647. The second-order valence-electron chi connectivity index (χ2n) is 6.65. The Morgan fingerprint density at radius 3 is 1.81 bits per heavy atom. The van der Waals surface area contributed by atoms with E-state index in [1.807, 2.05) is 24.3 Å². The van der Waals surface area contributed by atoms with Gasteiger partial charge in [-0.2, -0.15) is 0 Å². The van der Waals surface area contributed by atoms with Crippen molar-refractivity contribution in [2.45, 2.75) is 38.7 Å². The molecule has 3 atom stereocenters. The van der Waals surface area contributed by atoms with Crippen molar-refractivity contribution in [1.29, 1.82) is 0 Å². The lowest BCUT2D eigenvalue weighted by Gasteiger charge is -2.33. The molecule has 0 aromatic heterocycles. The zero-order valence-electron chi connectivity index (χ0n) is 16.0. The second-order valence-corrected chi connectivity index (χ2v) is 9.04. The van der Waals surface area contributed by atoms with E-state index in [-0.39, 0.29) is 13.2 Å². The van der Waals surface area contributed by atoms with Gasteiger partial charge in [-0.3, -0.25) is 9.13 Å². The van der Waals surface area contributed by atoms with Crippen molar-refractivity contribution in [3.8, 4) is 0 Å². The minimum absolute atomic E-state index is 0.285. The van der Waals surface area contributed by atoms with Crippen LogP contribution in [0.2, 0.25) is 0 Å². The van der Waals surface area contributed by atoms with E-state index in [0.29, 0.717) is 5.92 Å². The smallest absolute Gasteiger partial charge is 0.318 e. The SMILES string of the molecule is CO[PH](=O)OCC(O)(CO[PH](=O)OC)C(C)c1ccc(CC(C)C)cc1. The van der Waals surface area contributed by atoms with Crippen LogP contribution < -0.4 is 0 Å². The van der Waals surface area contributed by atoms with Crippen molar-refractivity contribution in [3.63, 3.8) is 0 Å². The van der Waals surface area contributed by atoms with E-state index in [1.54, 1.807) is 6.92 Å². The van der Waals surface area contributed by atoms with Gasteiger partial charge in [-0.15, -0.1) is 0 Å². The average Bonchev–Trinajstić information content (AvgIpc) is 2.63. The average molecular weight is 408 g/mol. The van der Waals surface area contributed by atoms with Crippen LogP contribution >= 0.6 is 16.5 Å². The summed E-state index contributed by atoms with van der Waals surface area (Å²) in [4.78, 5) is 0. The van der Waals surface area contributed by atoms with Crippen LogP contribution in [0.4, 0.5) is 0 Å². The Bertz CT molecular complexity index is 569. The van der Waals surface area contributed by atoms with Crippen LogP contribution in [0, 0.1) is 5.92 Å². The van der Waals surface area contributed by atoms with Crippen molar-refractivity contribution < 1.29 is 32.3 Å². The maximum Gasteiger partial charge on any atom is 0.318 e. The molecule has 150 valence electrons. The molecule has 0 aliphatic rings. The highest BCUT2D eigenvalue weighted by Gasteiger charge is 2.37. The quantitative estimate of drug-likeness (QED) is 0.526. The van der Waals surface area contributed by atoms with Gasteiger partial charge in [-0.25, -0.2) is 0 Å². The van der Waals surface area contributed by atoms with Crippen molar-refractivity contribution in [2.75, 3.05) is 27.4 Å². The topological polar surface area (TPSA) is 91.3 Å². The highest BCUT2D eigenvalue weighted by molar-refractivity contribution is 7.33. The number of benzene rings is 1. The molecule has 9 heteroatoms. The summed E-state index contributed by atoms with van der Waals surface area (Å²) in [5, 5.41) is 11.0. The third-order valence-electron chi connectivity index (χ3n) is 4.14. The van der Waals surface area contributed by atoms with Gasteiger partial charge in [0.15, 0.2) is 0 Å². The molecule has 0 bridgehead atoms. The van der Waals surface area contributed by atoms with Crippen LogP contribution in [-0.4, -0.2) is 38.1 Å². The van der Waals surface area contributed by atoms with Crippen molar-refractivity contribution in [3.05, 3.63) is 35.4 Å². The summed E-state index contributed by atoms with van der Waals surface area (Å²) in [7, 11) is -2.89. The minimum atomic E-state index is -2.71. The highest BCUT2D eigenvalue weighted by Crippen LogP contribution is 2.35. The van der Waals surface area contributed by atoms with E-state index >= 15 is 0 Å². The first-order valence-electron chi connectivity index (χ1n) is 8.44. The molecule has 1 N–H and O–H groups in total.